The fourth-order valence-electron chi connectivity index (χ4n) is 0.855. The van der Waals surface area contributed by atoms with Gasteiger partial charge in [-0.15, -0.1) is 0 Å². The fraction of sp³-hybridized carbons (Fsp3) is 0.500. The van der Waals surface area contributed by atoms with Gasteiger partial charge in [-0.2, -0.15) is 0 Å². The number of hydrogen-bond donors (Lipinski definition) is 1. The summed E-state index contributed by atoms with van der Waals surface area (Å²) >= 11 is 0. The molecular formula is C8H9NO8. The molecule has 0 aliphatic carbocycles. The predicted octanol–water partition coefficient (Wildman–Crippen LogP) is -0.678. The van der Waals surface area contributed by atoms with E-state index >= 15 is 0 Å². The summed E-state index contributed by atoms with van der Waals surface area (Å²) < 4.78 is 0. The highest BCUT2D eigenvalue weighted by Crippen LogP contribution is 2.09. The van der Waals surface area contributed by atoms with Crippen molar-refractivity contribution in [2.45, 2.75) is 25.7 Å². The molecule has 1 heterocycles. The Morgan fingerprint density at radius 2 is 1.71 bits per heavy atom. The van der Waals surface area contributed by atoms with Gasteiger partial charge in [0, 0.05) is 0 Å². The smallest absolute Gasteiger partial charge is 0.333 e. The van der Waals surface area contributed by atoms with E-state index in [9.17, 15) is 19.2 Å². The summed E-state index contributed by atoms with van der Waals surface area (Å²) in [5.41, 5.74) is 0. The number of carbonyl (C=O) groups excluding carboxylic acids is 3. The van der Waals surface area contributed by atoms with Crippen molar-refractivity contribution in [1.29, 1.82) is 0 Å². The van der Waals surface area contributed by atoms with Crippen LogP contribution in [0.1, 0.15) is 25.7 Å². The van der Waals surface area contributed by atoms with Crippen LogP contribution in [0.15, 0.2) is 0 Å². The van der Waals surface area contributed by atoms with Gasteiger partial charge in [0.05, 0.1) is 25.7 Å². The molecule has 1 aliphatic rings. The second-order valence-electron chi connectivity index (χ2n) is 3.01. The molecule has 0 atom stereocenters. The SMILES string of the molecule is O=C(O)CCC(=O)ON1OC(=O)CCC(=O)O1. The van der Waals surface area contributed by atoms with Crippen molar-refractivity contribution < 1.29 is 38.8 Å². The number of carbonyl (C=O) groups is 4. The third kappa shape index (κ3) is 4.93. The van der Waals surface area contributed by atoms with Crippen LogP contribution in [0, 0.1) is 0 Å². The molecule has 0 saturated carbocycles. The van der Waals surface area contributed by atoms with Gasteiger partial charge in [0.25, 0.3) is 0 Å². The van der Waals surface area contributed by atoms with Crippen molar-refractivity contribution in [2.75, 3.05) is 0 Å². The number of aliphatic carboxylic acids is 1. The second-order valence-corrected chi connectivity index (χ2v) is 3.01. The monoisotopic (exact) mass is 247 g/mol. The maximum atomic E-state index is 11.0. The third-order valence-corrected chi connectivity index (χ3v) is 1.61. The molecule has 0 unspecified atom stereocenters. The van der Waals surface area contributed by atoms with E-state index in [2.05, 4.69) is 14.5 Å². The number of nitrogens with zero attached hydrogens (tertiary/aromatic N) is 1. The third-order valence-electron chi connectivity index (χ3n) is 1.61. The summed E-state index contributed by atoms with van der Waals surface area (Å²) in [5.74, 6) is -3.80. The van der Waals surface area contributed by atoms with E-state index in [-0.39, 0.29) is 18.2 Å². The first-order valence-electron chi connectivity index (χ1n) is 4.61. The van der Waals surface area contributed by atoms with Crippen LogP contribution in [0.25, 0.3) is 0 Å². The Bertz CT molecular complexity index is 333. The largest absolute Gasteiger partial charge is 0.481 e. The Morgan fingerprint density at radius 3 is 2.18 bits per heavy atom. The van der Waals surface area contributed by atoms with Crippen molar-refractivity contribution in [3.63, 3.8) is 0 Å². The van der Waals surface area contributed by atoms with E-state index < -0.39 is 36.7 Å². The summed E-state index contributed by atoms with van der Waals surface area (Å²) in [5, 5.41) is 8.29. The van der Waals surface area contributed by atoms with Crippen molar-refractivity contribution in [1.82, 2.24) is 5.39 Å². The van der Waals surface area contributed by atoms with Crippen molar-refractivity contribution in [3.8, 4) is 0 Å². The molecule has 1 N–H and O–H groups in total. The van der Waals surface area contributed by atoms with E-state index in [4.69, 9.17) is 5.11 Å². The molecule has 9 nitrogen and oxygen atoms in total. The van der Waals surface area contributed by atoms with Crippen LogP contribution in [-0.4, -0.2) is 34.4 Å². The van der Waals surface area contributed by atoms with Crippen LogP contribution in [0.2, 0.25) is 0 Å². The maximum absolute atomic E-state index is 11.0. The Kier molecular flexibility index (Phi) is 4.40. The molecule has 1 rings (SSSR count). The molecule has 1 saturated heterocycles. The highest BCUT2D eigenvalue weighted by atomic mass is 17.2. The van der Waals surface area contributed by atoms with Crippen molar-refractivity contribution in [2.24, 2.45) is 0 Å². The summed E-state index contributed by atoms with van der Waals surface area (Å²) in [6.07, 6.45) is -1.28. The number of carboxylic acids is 1. The second kappa shape index (κ2) is 5.80. The lowest BCUT2D eigenvalue weighted by Crippen LogP contribution is -2.30. The summed E-state index contributed by atoms with van der Waals surface area (Å²) in [4.78, 5) is 56.0. The van der Waals surface area contributed by atoms with Crippen molar-refractivity contribution in [3.05, 3.63) is 0 Å². The quantitative estimate of drug-likeness (QED) is 0.688. The van der Waals surface area contributed by atoms with Crippen LogP contribution >= 0.6 is 0 Å². The zero-order valence-corrected chi connectivity index (χ0v) is 8.58. The lowest BCUT2D eigenvalue weighted by atomic mass is 10.3. The molecule has 9 heteroatoms. The van der Waals surface area contributed by atoms with Gasteiger partial charge in [-0.25, -0.2) is 0 Å². The van der Waals surface area contributed by atoms with Gasteiger partial charge in [0.15, 0.2) is 0 Å². The van der Waals surface area contributed by atoms with E-state index in [1.165, 1.54) is 0 Å². The molecule has 0 aromatic rings. The number of rotatable bonds is 4. The molecule has 0 aromatic heterocycles. The molecule has 17 heavy (non-hydrogen) atoms. The Balaban J connectivity index is 2.43. The first-order chi connectivity index (χ1) is 7.97. The van der Waals surface area contributed by atoms with Gasteiger partial charge in [0.2, 0.25) is 5.39 Å². The fourth-order valence-corrected chi connectivity index (χ4v) is 0.855. The topological polar surface area (TPSA) is 119 Å². The van der Waals surface area contributed by atoms with Crippen LogP contribution in [-0.2, 0) is 33.7 Å². The van der Waals surface area contributed by atoms with Crippen molar-refractivity contribution >= 4 is 23.9 Å². The van der Waals surface area contributed by atoms with Gasteiger partial charge in [-0.05, 0) is 0 Å². The van der Waals surface area contributed by atoms with Gasteiger partial charge in [-0.1, -0.05) is 0 Å². The van der Waals surface area contributed by atoms with Gasteiger partial charge in [-0.3, -0.25) is 19.2 Å². The van der Waals surface area contributed by atoms with Gasteiger partial charge >= 0.3 is 23.9 Å². The summed E-state index contributed by atoms with van der Waals surface area (Å²) in [6, 6.07) is 0. The number of hydrogen-bond acceptors (Lipinski definition) is 8. The van der Waals surface area contributed by atoms with Gasteiger partial charge < -0.3 is 19.6 Å². The molecule has 0 radical (unpaired) electrons. The summed E-state index contributed by atoms with van der Waals surface area (Å²) in [6.45, 7) is 0. The normalized spacial score (nSPS) is 16.7. The average Bonchev–Trinajstić information content (AvgIpc) is 2.37. The molecule has 0 aromatic carbocycles. The average molecular weight is 247 g/mol. The van der Waals surface area contributed by atoms with Gasteiger partial charge in [0.1, 0.15) is 0 Å². The highest BCUT2D eigenvalue weighted by Gasteiger charge is 2.27. The zero-order chi connectivity index (χ0) is 12.8. The number of carboxylic acid groups (broad SMARTS) is 1. The molecule has 1 aliphatic heterocycles. The standard InChI is InChI=1S/C8H9NO8/c10-5(11)1-2-6(12)15-9-16-7(13)3-4-8(14)17-9/h1-4H2,(H,10,11). The zero-order valence-electron chi connectivity index (χ0n) is 8.58. The van der Waals surface area contributed by atoms with E-state index in [0.717, 1.165) is 0 Å². The first-order valence-corrected chi connectivity index (χ1v) is 4.61. The minimum atomic E-state index is -1.19. The predicted molar refractivity (Wildman–Crippen MR) is 46.2 cm³/mol. The minimum absolute atomic E-state index is 0.0121. The highest BCUT2D eigenvalue weighted by molar-refractivity contribution is 5.79. The van der Waals surface area contributed by atoms with Crippen LogP contribution in [0.4, 0.5) is 0 Å². The Morgan fingerprint density at radius 1 is 1.18 bits per heavy atom. The molecule has 94 valence electrons. The van der Waals surface area contributed by atoms with Crippen LogP contribution < -0.4 is 0 Å². The minimum Gasteiger partial charge on any atom is -0.481 e. The van der Waals surface area contributed by atoms with E-state index in [1.807, 2.05) is 0 Å². The molecular weight excluding hydrogens is 238 g/mol. The lowest BCUT2D eigenvalue weighted by Gasteiger charge is -2.13. The van der Waals surface area contributed by atoms with E-state index in [0.29, 0.717) is 0 Å². The molecule has 0 spiro atoms. The lowest BCUT2D eigenvalue weighted by molar-refractivity contribution is -0.461. The Hall–Kier alpha value is -2.16. The molecule has 0 amide bonds. The molecule has 1 fully saturated rings. The molecule has 0 bridgehead atoms. The van der Waals surface area contributed by atoms with E-state index in [1.54, 1.807) is 0 Å². The maximum Gasteiger partial charge on any atom is 0.333 e. The summed E-state index contributed by atoms with van der Waals surface area (Å²) in [7, 11) is 0. The Labute approximate surface area is 94.7 Å². The first kappa shape index (κ1) is 12.9. The van der Waals surface area contributed by atoms with Crippen LogP contribution in [0.5, 0.6) is 0 Å². The van der Waals surface area contributed by atoms with Crippen LogP contribution in [0.3, 0.4) is 0 Å².